The molecule has 2 aliphatic heterocycles. The fraction of sp³-hybridized carbons (Fsp3) is 0.379. The summed E-state index contributed by atoms with van der Waals surface area (Å²) in [5.74, 6) is 1.06. The number of hydrogen-bond donors (Lipinski definition) is 4. The van der Waals surface area contributed by atoms with Gasteiger partial charge in [-0.2, -0.15) is 9.97 Å². The highest BCUT2D eigenvalue weighted by Gasteiger charge is 2.35. The average Bonchev–Trinajstić information content (AvgIpc) is 3.71. The van der Waals surface area contributed by atoms with Crippen LogP contribution in [0.2, 0.25) is 0 Å². The van der Waals surface area contributed by atoms with Gasteiger partial charge in [0.25, 0.3) is 5.91 Å². The van der Waals surface area contributed by atoms with E-state index in [1.165, 1.54) is 11.3 Å². The summed E-state index contributed by atoms with van der Waals surface area (Å²) >= 11 is 1.27. The number of methoxy groups -OCH3 is 1. The third-order valence-electron chi connectivity index (χ3n) is 7.96. The first-order valence-corrected chi connectivity index (χ1v) is 14.6. The summed E-state index contributed by atoms with van der Waals surface area (Å²) in [5, 5.41) is 9.13. The van der Waals surface area contributed by atoms with Gasteiger partial charge in [0, 0.05) is 18.4 Å². The minimum absolute atomic E-state index is 0.108. The molecular weight excluding hydrogens is 540 g/mol. The molecule has 0 unspecified atom stereocenters. The second-order valence-electron chi connectivity index (χ2n) is 11.1. The van der Waals surface area contributed by atoms with Gasteiger partial charge in [-0.1, -0.05) is 13.8 Å². The minimum Gasteiger partial charge on any atom is -0.495 e. The number of H-pyrrole nitrogens is 1. The van der Waals surface area contributed by atoms with Crippen molar-refractivity contribution in [2.45, 2.75) is 38.5 Å². The Bertz CT molecular complexity index is 1620. The van der Waals surface area contributed by atoms with Crippen LogP contribution in [0.4, 0.5) is 28.8 Å². The maximum Gasteiger partial charge on any atom is 0.260 e. The van der Waals surface area contributed by atoms with Gasteiger partial charge in [-0.05, 0) is 73.0 Å². The molecule has 3 aromatic heterocycles. The van der Waals surface area contributed by atoms with Crippen LogP contribution in [0.1, 0.15) is 48.3 Å². The zero-order valence-electron chi connectivity index (χ0n) is 23.4. The molecule has 0 bridgehead atoms. The van der Waals surface area contributed by atoms with Gasteiger partial charge in [0.15, 0.2) is 0 Å². The summed E-state index contributed by atoms with van der Waals surface area (Å²) in [6.45, 7) is 7.41. The summed E-state index contributed by atoms with van der Waals surface area (Å²) < 4.78 is 5.81. The van der Waals surface area contributed by atoms with Gasteiger partial charge < -0.3 is 31.0 Å². The first-order valence-electron chi connectivity index (χ1n) is 13.8. The van der Waals surface area contributed by atoms with Crippen molar-refractivity contribution in [1.29, 1.82) is 0 Å². The molecule has 2 aliphatic rings. The lowest BCUT2D eigenvalue weighted by atomic mass is 9.77. The summed E-state index contributed by atoms with van der Waals surface area (Å²) in [4.78, 5) is 42.5. The van der Waals surface area contributed by atoms with Crippen molar-refractivity contribution in [3.05, 3.63) is 46.3 Å². The number of aromatic amines is 1. The number of fused-ring (bicyclic) bond motifs is 2. The molecule has 1 aromatic carbocycles. The maximum atomic E-state index is 13.5. The predicted octanol–water partition coefficient (Wildman–Crippen LogP) is 4.72. The fourth-order valence-corrected chi connectivity index (χ4v) is 6.36. The smallest absolute Gasteiger partial charge is 0.260 e. The molecule has 4 aromatic rings. The third-order valence-corrected chi connectivity index (χ3v) is 8.89. The van der Waals surface area contributed by atoms with Crippen molar-refractivity contribution in [1.82, 2.24) is 19.9 Å². The molecule has 1 saturated heterocycles. The molecule has 0 radical (unpaired) electrons. The van der Waals surface area contributed by atoms with Crippen molar-refractivity contribution in [3.8, 4) is 5.75 Å². The van der Waals surface area contributed by atoms with Gasteiger partial charge in [0.05, 0.1) is 30.4 Å². The number of aromatic nitrogens is 3. The Labute approximate surface area is 242 Å². The van der Waals surface area contributed by atoms with E-state index in [-0.39, 0.29) is 11.3 Å². The van der Waals surface area contributed by atoms with Gasteiger partial charge in [-0.15, -0.1) is 11.3 Å². The van der Waals surface area contributed by atoms with E-state index < -0.39 is 5.91 Å². The molecule has 0 saturated carbocycles. The van der Waals surface area contributed by atoms with Crippen LogP contribution in [0.25, 0.3) is 11.0 Å². The number of nitrogens with one attached hydrogen (secondary N) is 3. The van der Waals surface area contributed by atoms with Crippen LogP contribution in [-0.2, 0) is 10.2 Å². The van der Waals surface area contributed by atoms with Crippen molar-refractivity contribution in [2.75, 3.05) is 48.8 Å². The monoisotopic (exact) mass is 574 g/mol. The summed E-state index contributed by atoms with van der Waals surface area (Å²) in [6, 6.07) is 7.64. The summed E-state index contributed by atoms with van der Waals surface area (Å²) in [6.07, 6.45) is 4.92. The van der Waals surface area contributed by atoms with E-state index >= 15 is 0 Å². The number of carbonyl (C=O) groups is 2. The Morgan fingerprint density at radius 3 is 2.68 bits per heavy atom. The quantitative estimate of drug-likeness (QED) is 0.237. The van der Waals surface area contributed by atoms with Crippen molar-refractivity contribution >= 4 is 63.0 Å². The molecule has 5 N–H and O–H groups in total. The average molecular weight is 575 g/mol. The van der Waals surface area contributed by atoms with Crippen LogP contribution in [0.5, 0.6) is 5.75 Å². The highest BCUT2D eigenvalue weighted by molar-refractivity contribution is 7.12. The van der Waals surface area contributed by atoms with E-state index in [9.17, 15) is 9.59 Å². The zero-order chi connectivity index (χ0) is 28.7. The zero-order valence-corrected chi connectivity index (χ0v) is 24.2. The van der Waals surface area contributed by atoms with E-state index in [1.807, 2.05) is 23.1 Å². The minimum atomic E-state index is -0.509. The maximum absolute atomic E-state index is 13.5. The summed E-state index contributed by atoms with van der Waals surface area (Å²) in [7, 11) is 1.63. The van der Waals surface area contributed by atoms with E-state index in [0.29, 0.717) is 52.5 Å². The van der Waals surface area contributed by atoms with Crippen LogP contribution >= 0.6 is 11.3 Å². The molecular formula is C29H34N8O3S. The summed E-state index contributed by atoms with van der Waals surface area (Å²) in [5.41, 5.74) is 9.21. The van der Waals surface area contributed by atoms with Crippen molar-refractivity contribution < 1.29 is 14.3 Å². The standard InChI is InChI=1S/C29H34N8O3S/c1-29(2)8-12-37(23(38)16-36-10-4-5-11-36)21-15-20(22(40-3)14-18(21)29)33-28-34-26-17(6-9-31-26)27(35-28)32-19-7-13-41-24(19)25(30)39/h6-7,9,13-15H,4-5,8,10-12,16H2,1-3H3,(H2,30,39)(H3,31,32,33,34,35). The van der Waals surface area contributed by atoms with Crippen LogP contribution in [0.15, 0.2) is 35.8 Å². The topological polar surface area (TPSA) is 142 Å². The van der Waals surface area contributed by atoms with Crippen molar-refractivity contribution in [3.63, 3.8) is 0 Å². The number of likely N-dealkylation sites (tertiary alicyclic amines) is 1. The number of hydrogen-bond acceptors (Lipinski definition) is 9. The molecule has 214 valence electrons. The van der Waals surface area contributed by atoms with Crippen LogP contribution in [0.3, 0.4) is 0 Å². The SMILES string of the molecule is COc1cc2c(cc1Nc1nc(Nc3ccsc3C(N)=O)c3cc[nH]c3n1)N(C(=O)CN1CCCC1)CCC2(C)C. The van der Waals surface area contributed by atoms with Gasteiger partial charge in [-0.25, -0.2) is 0 Å². The number of nitrogens with zero attached hydrogens (tertiary/aromatic N) is 4. The normalized spacial score (nSPS) is 16.5. The largest absolute Gasteiger partial charge is 0.495 e. The number of ether oxygens (including phenoxy) is 1. The fourth-order valence-electron chi connectivity index (χ4n) is 5.66. The Morgan fingerprint density at radius 1 is 1.12 bits per heavy atom. The van der Waals surface area contributed by atoms with Crippen LogP contribution in [0, 0.1) is 0 Å². The first-order chi connectivity index (χ1) is 19.7. The lowest BCUT2D eigenvalue weighted by Gasteiger charge is -2.40. The number of primary amides is 1. The molecule has 1 fully saturated rings. The number of benzene rings is 1. The molecule has 6 rings (SSSR count). The second kappa shape index (κ2) is 10.7. The second-order valence-corrected chi connectivity index (χ2v) is 12.1. The highest BCUT2D eigenvalue weighted by atomic mass is 32.1. The predicted molar refractivity (Wildman–Crippen MR) is 162 cm³/mol. The van der Waals surface area contributed by atoms with E-state index in [1.54, 1.807) is 24.8 Å². The number of carbonyl (C=O) groups excluding carboxylic acids is 2. The van der Waals surface area contributed by atoms with Crippen LogP contribution in [-0.4, -0.2) is 65.0 Å². The molecule has 41 heavy (non-hydrogen) atoms. The molecule has 12 heteroatoms. The van der Waals surface area contributed by atoms with E-state index in [2.05, 4.69) is 39.3 Å². The van der Waals surface area contributed by atoms with Gasteiger partial charge in [-0.3, -0.25) is 14.5 Å². The number of rotatable bonds is 8. The van der Waals surface area contributed by atoms with Crippen molar-refractivity contribution in [2.24, 2.45) is 5.73 Å². The Morgan fingerprint density at radius 2 is 1.93 bits per heavy atom. The molecule has 0 atom stereocenters. The molecule has 2 amide bonds. The Kier molecular flexibility index (Phi) is 7.04. The van der Waals surface area contributed by atoms with Gasteiger partial charge >= 0.3 is 0 Å². The Hall–Kier alpha value is -4.16. The number of amides is 2. The number of thiophene rings is 1. The molecule has 0 aliphatic carbocycles. The third kappa shape index (κ3) is 5.20. The van der Waals surface area contributed by atoms with Gasteiger partial charge in [0.1, 0.15) is 22.1 Å². The highest BCUT2D eigenvalue weighted by Crippen LogP contribution is 2.45. The Balaban J connectivity index is 1.37. The molecule has 5 heterocycles. The lowest BCUT2D eigenvalue weighted by Crippen LogP contribution is -2.45. The lowest BCUT2D eigenvalue weighted by molar-refractivity contribution is -0.119. The van der Waals surface area contributed by atoms with E-state index in [4.69, 9.17) is 15.5 Å². The van der Waals surface area contributed by atoms with Crippen LogP contribution < -0.4 is 26.0 Å². The number of anilines is 5. The first kappa shape index (κ1) is 27.0. The number of nitrogens with two attached hydrogens (primary N) is 1. The molecule has 11 nitrogen and oxygen atoms in total. The van der Waals surface area contributed by atoms with Gasteiger partial charge in [0.2, 0.25) is 11.9 Å². The van der Waals surface area contributed by atoms with E-state index in [0.717, 1.165) is 49.0 Å². The molecule has 0 spiro atoms.